The van der Waals surface area contributed by atoms with Gasteiger partial charge in [-0.05, 0) is 25.1 Å². The Bertz CT molecular complexity index is 825. The lowest BCUT2D eigenvalue weighted by Crippen LogP contribution is -2.50. The van der Waals surface area contributed by atoms with E-state index >= 15 is 0 Å². The van der Waals surface area contributed by atoms with Crippen molar-refractivity contribution in [3.05, 3.63) is 41.6 Å². The molecule has 0 aliphatic carbocycles. The van der Waals surface area contributed by atoms with Crippen molar-refractivity contribution in [2.24, 2.45) is 7.05 Å². The molecule has 1 aliphatic heterocycles. The Hall–Kier alpha value is -2.87. The van der Waals surface area contributed by atoms with E-state index in [0.29, 0.717) is 49.9 Å². The number of rotatable bonds is 5. The van der Waals surface area contributed by atoms with Crippen LogP contribution in [0.3, 0.4) is 0 Å². The third-order valence-electron chi connectivity index (χ3n) is 4.61. The van der Waals surface area contributed by atoms with Crippen molar-refractivity contribution in [1.29, 1.82) is 0 Å². The molecule has 1 fully saturated rings. The van der Waals surface area contributed by atoms with Gasteiger partial charge in [0.25, 0.3) is 5.91 Å². The van der Waals surface area contributed by atoms with Crippen LogP contribution >= 0.6 is 0 Å². The van der Waals surface area contributed by atoms with Crippen molar-refractivity contribution in [1.82, 2.24) is 19.6 Å². The Morgan fingerprint density at radius 1 is 1.19 bits per heavy atom. The number of nitrogens with one attached hydrogen (secondary N) is 1. The molecule has 144 valence electrons. The largest absolute Gasteiger partial charge is 0.497 e. The van der Waals surface area contributed by atoms with Gasteiger partial charge in [-0.25, -0.2) is 0 Å². The fraction of sp³-hybridized carbons (Fsp3) is 0.421. The number of aryl methyl sites for hydroxylation is 2. The van der Waals surface area contributed by atoms with Gasteiger partial charge in [0.15, 0.2) is 0 Å². The van der Waals surface area contributed by atoms with E-state index in [1.807, 2.05) is 34.9 Å². The summed E-state index contributed by atoms with van der Waals surface area (Å²) < 4.78 is 6.83. The van der Waals surface area contributed by atoms with Crippen LogP contribution in [0.5, 0.6) is 5.75 Å². The van der Waals surface area contributed by atoms with Crippen LogP contribution in [0.15, 0.2) is 30.3 Å². The molecule has 0 saturated carbocycles. The van der Waals surface area contributed by atoms with E-state index in [-0.39, 0.29) is 11.8 Å². The number of anilines is 1. The third kappa shape index (κ3) is 4.65. The first-order valence-electron chi connectivity index (χ1n) is 8.92. The summed E-state index contributed by atoms with van der Waals surface area (Å²) in [6.07, 6.45) is 0. The van der Waals surface area contributed by atoms with Crippen LogP contribution in [0.4, 0.5) is 5.82 Å². The second-order valence-corrected chi connectivity index (χ2v) is 6.64. The highest BCUT2D eigenvalue weighted by atomic mass is 16.5. The number of aromatic nitrogens is 2. The number of piperazine rings is 1. The van der Waals surface area contributed by atoms with Crippen molar-refractivity contribution in [2.75, 3.05) is 45.2 Å². The van der Waals surface area contributed by atoms with Crippen LogP contribution in [0, 0.1) is 6.92 Å². The fourth-order valence-corrected chi connectivity index (χ4v) is 3.16. The molecule has 1 aromatic carbocycles. The van der Waals surface area contributed by atoms with Crippen LogP contribution in [0.2, 0.25) is 0 Å². The minimum atomic E-state index is -0.0782. The molecule has 0 spiro atoms. The Morgan fingerprint density at radius 3 is 2.56 bits per heavy atom. The van der Waals surface area contributed by atoms with Gasteiger partial charge >= 0.3 is 0 Å². The second-order valence-electron chi connectivity index (χ2n) is 6.64. The van der Waals surface area contributed by atoms with E-state index in [2.05, 4.69) is 10.4 Å². The number of carbonyl (C=O) groups excluding carboxylic acids is 2. The Labute approximate surface area is 158 Å². The maximum Gasteiger partial charge on any atom is 0.254 e. The maximum absolute atomic E-state index is 12.6. The number of hydrogen-bond donors (Lipinski definition) is 1. The van der Waals surface area contributed by atoms with E-state index in [9.17, 15) is 9.59 Å². The highest BCUT2D eigenvalue weighted by Crippen LogP contribution is 2.15. The molecule has 8 heteroatoms. The smallest absolute Gasteiger partial charge is 0.254 e. The molecule has 1 saturated heterocycles. The molecule has 2 heterocycles. The molecule has 2 aromatic rings. The number of amides is 2. The number of carbonyl (C=O) groups is 2. The quantitative estimate of drug-likeness (QED) is 0.852. The number of benzene rings is 1. The molecular weight excluding hydrogens is 346 g/mol. The van der Waals surface area contributed by atoms with Crippen molar-refractivity contribution in [2.45, 2.75) is 6.92 Å². The van der Waals surface area contributed by atoms with Crippen LogP contribution < -0.4 is 10.1 Å². The molecule has 1 aliphatic rings. The van der Waals surface area contributed by atoms with E-state index in [1.165, 1.54) is 0 Å². The highest BCUT2D eigenvalue weighted by molar-refractivity contribution is 5.95. The first-order valence-corrected chi connectivity index (χ1v) is 8.92. The lowest BCUT2D eigenvalue weighted by atomic mass is 10.1. The van der Waals surface area contributed by atoms with Gasteiger partial charge in [-0.1, -0.05) is 6.07 Å². The van der Waals surface area contributed by atoms with Crippen molar-refractivity contribution in [3.8, 4) is 5.75 Å². The average molecular weight is 371 g/mol. The summed E-state index contributed by atoms with van der Waals surface area (Å²) in [6, 6.07) is 9.01. The van der Waals surface area contributed by atoms with Gasteiger partial charge < -0.3 is 15.0 Å². The molecule has 1 N–H and O–H groups in total. The van der Waals surface area contributed by atoms with E-state index in [1.54, 1.807) is 31.0 Å². The fourth-order valence-electron chi connectivity index (χ4n) is 3.16. The molecular formula is C19H25N5O3. The van der Waals surface area contributed by atoms with Gasteiger partial charge in [-0.3, -0.25) is 19.2 Å². The van der Waals surface area contributed by atoms with E-state index in [4.69, 9.17) is 4.74 Å². The van der Waals surface area contributed by atoms with Gasteiger partial charge in [0.05, 0.1) is 19.3 Å². The molecule has 2 amide bonds. The summed E-state index contributed by atoms with van der Waals surface area (Å²) in [5.74, 6) is 1.26. The number of ether oxygens (including phenoxy) is 1. The molecule has 8 nitrogen and oxygen atoms in total. The van der Waals surface area contributed by atoms with E-state index < -0.39 is 0 Å². The zero-order valence-electron chi connectivity index (χ0n) is 15.9. The number of nitrogens with zero attached hydrogens (tertiary/aromatic N) is 4. The third-order valence-corrected chi connectivity index (χ3v) is 4.61. The first-order chi connectivity index (χ1) is 13.0. The lowest BCUT2D eigenvalue weighted by molar-refractivity contribution is -0.117. The van der Waals surface area contributed by atoms with Crippen LogP contribution in [-0.4, -0.2) is 71.2 Å². The predicted molar refractivity (Wildman–Crippen MR) is 102 cm³/mol. The Balaban J connectivity index is 1.50. The highest BCUT2D eigenvalue weighted by Gasteiger charge is 2.23. The number of methoxy groups -OCH3 is 1. The zero-order chi connectivity index (χ0) is 19.4. The summed E-state index contributed by atoms with van der Waals surface area (Å²) >= 11 is 0. The number of hydrogen-bond acceptors (Lipinski definition) is 5. The Kier molecular flexibility index (Phi) is 5.75. The van der Waals surface area contributed by atoms with Gasteiger partial charge in [0.2, 0.25) is 5.91 Å². The molecule has 0 atom stereocenters. The minimum absolute atomic E-state index is 0.0108. The Morgan fingerprint density at radius 2 is 1.93 bits per heavy atom. The maximum atomic E-state index is 12.6. The molecule has 0 radical (unpaired) electrons. The normalized spacial score (nSPS) is 14.9. The van der Waals surface area contributed by atoms with Gasteiger partial charge in [-0.2, -0.15) is 5.10 Å². The topological polar surface area (TPSA) is 79.7 Å². The average Bonchev–Trinajstić information content (AvgIpc) is 2.98. The van der Waals surface area contributed by atoms with Crippen LogP contribution in [-0.2, 0) is 11.8 Å². The van der Waals surface area contributed by atoms with Gasteiger partial charge in [0, 0.05) is 44.9 Å². The monoisotopic (exact) mass is 371 g/mol. The standard InChI is InChI=1S/C19H25N5O3/c1-14-11-17(22(2)21-14)20-18(25)13-23-7-9-24(10-8-23)19(26)15-5-4-6-16(12-15)27-3/h4-6,11-12H,7-10,13H2,1-3H3,(H,20,25). The summed E-state index contributed by atoms with van der Waals surface area (Å²) in [6.45, 7) is 4.68. The molecule has 0 bridgehead atoms. The molecule has 3 rings (SSSR count). The summed E-state index contributed by atoms with van der Waals surface area (Å²) in [7, 11) is 3.38. The molecule has 0 unspecified atom stereocenters. The zero-order valence-corrected chi connectivity index (χ0v) is 15.9. The van der Waals surface area contributed by atoms with E-state index in [0.717, 1.165) is 5.69 Å². The second kappa shape index (κ2) is 8.22. The molecule has 1 aromatic heterocycles. The van der Waals surface area contributed by atoms with Crippen LogP contribution in [0.25, 0.3) is 0 Å². The first kappa shape index (κ1) is 18.9. The van der Waals surface area contributed by atoms with Crippen LogP contribution in [0.1, 0.15) is 16.1 Å². The summed E-state index contributed by atoms with van der Waals surface area (Å²) in [4.78, 5) is 28.8. The lowest BCUT2D eigenvalue weighted by Gasteiger charge is -2.34. The predicted octanol–water partition coefficient (Wildman–Crippen LogP) is 1.13. The van der Waals surface area contributed by atoms with Crippen molar-refractivity contribution < 1.29 is 14.3 Å². The van der Waals surface area contributed by atoms with Crippen molar-refractivity contribution >= 4 is 17.6 Å². The molecule has 27 heavy (non-hydrogen) atoms. The SMILES string of the molecule is COc1cccc(C(=O)N2CCN(CC(=O)Nc3cc(C)nn3C)CC2)c1. The van der Waals surface area contributed by atoms with Gasteiger partial charge in [0.1, 0.15) is 11.6 Å². The van der Waals surface area contributed by atoms with Crippen molar-refractivity contribution in [3.63, 3.8) is 0 Å². The summed E-state index contributed by atoms with van der Waals surface area (Å²) in [5, 5.41) is 7.09. The van der Waals surface area contributed by atoms with Gasteiger partial charge in [-0.15, -0.1) is 0 Å². The minimum Gasteiger partial charge on any atom is -0.497 e. The summed E-state index contributed by atoms with van der Waals surface area (Å²) in [5.41, 5.74) is 1.48.